The molecule has 0 aliphatic heterocycles. The average Bonchev–Trinajstić information content (AvgIpc) is 2.57. The predicted octanol–water partition coefficient (Wildman–Crippen LogP) is 1.94. The minimum atomic E-state index is 0.600. The lowest BCUT2D eigenvalue weighted by atomic mass is 10.2. The number of nitrogens with two attached hydrogens (primary N) is 1. The maximum Gasteiger partial charge on any atom is 0.130 e. The maximum atomic E-state index is 8.83. The zero-order valence-electron chi connectivity index (χ0n) is 9.23. The zero-order valence-corrected chi connectivity index (χ0v) is 9.23. The van der Waals surface area contributed by atoms with Gasteiger partial charge in [-0.05, 0) is 32.0 Å². The van der Waals surface area contributed by atoms with Gasteiger partial charge in [-0.1, -0.05) is 6.07 Å². The number of nitrogen functional groups attached to an aromatic ring is 1. The maximum absolute atomic E-state index is 8.83. The molecule has 0 radical (unpaired) electrons. The van der Waals surface area contributed by atoms with E-state index in [4.69, 9.17) is 11.0 Å². The third-order valence-electron chi connectivity index (χ3n) is 2.62. The number of hydrogen-bond donors (Lipinski definition) is 1. The smallest absolute Gasteiger partial charge is 0.130 e. The molecule has 1 aromatic heterocycles. The molecule has 0 spiro atoms. The van der Waals surface area contributed by atoms with Gasteiger partial charge in [0.25, 0.3) is 0 Å². The molecule has 0 unspecified atom stereocenters. The Balaban J connectivity index is 2.59. The van der Waals surface area contributed by atoms with Gasteiger partial charge in [-0.3, -0.25) is 0 Å². The number of aryl methyl sites for hydroxylation is 1. The van der Waals surface area contributed by atoms with Crippen molar-refractivity contribution in [3.63, 3.8) is 0 Å². The van der Waals surface area contributed by atoms with Crippen LogP contribution in [-0.4, -0.2) is 9.78 Å². The van der Waals surface area contributed by atoms with Crippen LogP contribution in [0.5, 0.6) is 0 Å². The van der Waals surface area contributed by atoms with Crippen molar-refractivity contribution in [1.29, 1.82) is 5.26 Å². The van der Waals surface area contributed by atoms with E-state index in [0.29, 0.717) is 11.4 Å². The third kappa shape index (κ3) is 1.52. The molecule has 16 heavy (non-hydrogen) atoms. The second kappa shape index (κ2) is 3.70. The molecule has 2 aromatic rings. The summed E-state index contributed by atoms with van der Waals surface area (Å²) in [6.07, 6.45) is 0. The van der Waals surface area contributed by atoms with Crippen LogP contribution in [0.25, 0.3) is 5.69 Å². The number of nitrogens with zero attached hydrogens (tertiary/aromatic N) is 3. The lowest BCUT2D eigenvalue weighted by Gasteiger charge is -2.04. The van der Waals surface area contributed by atoms with Gasteiger partial charge in [-0.25, -0.2) is 4.68 Å². The van der Waals surface area contributed by atoms with Gasteiger partial charge in [-0.15, -0.1) is 0 Å². The first-order valence-corrected chi connectivity index (χ1v) is 4.95. The van der Waals surface area contributed by atoms with Gasteiger partial charge in [-0.2, -0.15) is 10.4 Å². The summed E-state index contributed by atoms with van der Waals surface area (Å²) in [4.78, 5) is 0. The summed E-state index contributed by atoms with van der Waals surface area (Å²) in [5.74, 6) is 0.618. The fourth-order valence-electron chi connectivity index (χ4n) is 1.53. The zero-order chi connectivity index (χ0) is 11.7. The van der Waals surface area contributed by atoms with Crippen molar-refractivity contribution in [2.45, 2.75) is 13.8 Å². The molecule has 0 fully saturated rings. The predicted molar refractivity (Wildman–Crippen MR) is 62.2 cm³/mol. The van der Waals surface area contributed by atoms with Crippen LogP contribution in [0.1, 0.15) is 16.8 Å². The first-order chi connectivity index (χ1) is 7.63. The van der Waals surface area contributed by atoms with Crippen molar-refractivity contribution in [2.75, 3.05) is 5.73 Å². The molecular weight excluding hydrogens is 200 g/mol. The number of anilines is 1. The normalized spacial score (nSPS) is 10.1. The highest BCUT2D eigenvalue weighted by Gasteiger charge is 2.09. The van der Waals surface area contributed by atoms with E-state index in [1.807, 2.05) is 26.0 Å². The largest absolute Gasteiger partial charge is 0.383 e. The summed E-state index contributed by atoms with van der Waals surface area (Å²) in [6.45, 7) is 3.85. The molecule has 0 atom stereocenters. The molecule has 0 saturated heterocycles. The average molecular weight is 212 g/mol. The van der Waals surface area contributed by atoms with Gasteiger partial charge in [0.05, 0.1) is 23.0 Å². The Hall–Kier alpha value is -2.28. The topological polar surface area (TPSA) is 67.6 Å². The van der Waals surface area contributed by atoms with Crippen LogP contribution in [0.15, 0.2) is 24.3 Å². The minimum absolute atomic E-state index is 0.600. The lowest BCUT2D eigenvalue weighted by Crippen LogP contribution is -2.02. The van der Waals surface area contributed by atoms with Gasteiger partial charge >= 0.3 is 0 Å². The van der Waals surface area contributed by atoms with Crippen molar-refractivity contribution in [2.24, 2.45) is 0 Å². The summed E-state index contributed by atoms with van der Waals surface area (Å²) >= 11 is 0. The number of hydrogen-bond acceptors (Lipinski definition) is 3. The number of benzene rings is 1. The van der Waals surface area contributed by atoms with E-state index >= 15 is 0 Å². The molecule has 2 rings (SSSR count). The van der Waals surface area contributed by atoms with Crippen LogP contribution < -0.4 is 5.73 Å². The third-order valence-corrected chi connectivity index (χ3v) is 2.62. The molecule has 4 heteroatoms. The van der Waals surface area contributed by atoms with Crippen molar-refractivity contribution >= 4 is 5.82 Å². The van der Waals surface area contributed by atoms with Gasteiger partial charge in [0.2, 0.25) is 0 Å². The van der Waals surface area contributed by atoms with E-state index in [1.165, 1.54) is 0 Å². The Morgan fingerprint density at radius 3 is 2.69 bits per heavy atom. The van der Waals surface area contributed by atoms with Crippen molar-refractivity contribution in [3.05, 3.63) is 41.1 Å². The van der Waals surface area contributed by atoms with Crippen LogP contribution in [0.2, 0.25) is 0 Å². The number of aromatic nitrogens is 2. The summed E-state index contributed by atoms with van der Waals surface area (Å²) in [5.41, 5.74) is 9.23. The Bertz CT molecular complexity index is 575. The second-order valence-electron chi connectivity index (χ2n) is 3.67. The Labute approximate surface area is 93.9 Å². The number of rotatable bonds is 1. The summed E-state index contributed by atoms with van der Waals surface area (Å²) in [6, 6.07) is 9.31. The highest BCUT2D eigenvalue weighted by molar-refractivity contribution is 5.50. The number of nitriles is 1. The van der Waals surface area contributed by atoms with E-state index in [9.17, 15) is 0 Å². The SMILES string of the molecule is Cc1nn(-c2cccc(C#N)c2)c(N)c1C. The molecule has 0 amide bonds. The molecule has 0 bridgehead atoms. The van der Waals surface area contributed by atoms with Gasteiger partial charge in [0, 0.05) is 5.56 Å². The molecular formula is C12H12N4. The molecule has 80 valence electrons. The van der Waals surface area contributed by atoms with Crippen molar-refractivity contribution in [3.8, 4) is 11.8 Å². The molecule has 0 aliphatic carbocycles. The summed E-state index contributed by atoms with van der Waals surface area (Å²) in [7, 11) is 0. The quantitative estimate of drug-likeness (QED) is 0.785. The molecule has 4 nitrogen and oxygen atoms in total. The lowest BCUT2D eigenvalue weighted by molar-refractivity contribution is 0.871. The van der Waals surface area contributed by atoms with Crippen molar-refractivity contribution in [1.82, 2.24) is 9.78 Å². The van der Waals surface area contributed by atoms with Gasteiger partial charge in [0.15, 0.2) is 0 Å². The standard InChI is InChI=1S/C12H12N4/c1-8-9(2)15-16(12(8)14)11-5-3-4-10(6-11)7-13/h3-6H,14H2,1-2H3. The van der Waals surface area contributed by atoms with Crippen LogP contribution in [0, 0.1) is 25.2 Å². The van der Waals surface area contributed by atoms with Gasteiger partial charge < -0.3 is 5.73 Å². The van der Waals surface area contributed by atoms with E-state index < -0.39 is 0 Å². The van der Waals surface area contributed by atoms with Gasteiger partial charge in [0.1, 0.15) is 5.82 Å². The summed E-state index contributed by atoms with van der Waals surface area (Å²) < 4.78 is 1.66. The first kappa shape index (κ1) is 10.2. The highest BCUT2D eigenvalue weighted by atomic mass is 15.3. The van der Waals surface area contributed by atoms with Crippen LogP contribution in [-0.2, 0) is 0 Å². The van der Waals surface area contributed by atoms with Crippen molar-refractivity contribution < 1.29 is 0 Å². The monoisotopic (exact) mass is 212 g/mol. The Morgan fingerprint density at radius 1 is 1.38 bits per heavy atom. The fraction of sp³-hybridized carbons (Fsp3) is 0.167. The molecule has 2 N–H and O–H groups in total. The fourth-order valence-corrected chi connectivity index (χ4v) is 1.53. The van der Waals surface area contributed by atoms with E-state index in [0.717, 1.165) is 16.9 Å². The Morgan fingerprint density at radius 2 is 2.12 bits per heavy atom. The minimum Gasteiger partial charge on any atom is -0.383 e. The van der Waals surface area contributed by atoms with Crippen LogP contribution >= 0.6 is 0 Å². The molecule has 0 aliphatic rings. The van der Waals surface area contributed by atoms with E-state index in [-0.39, 0.29) is 0 Å². The second-order valence-corrected chi connectivity index (χ2v) is 3.67. The van der Waals surface area contributed by atoms with E-state index in [1.54, 1.807) is 16.8 Å². The summed E-state index contributed by atoms with van der Waals surface area (Å²) in [5, 5.41) is 13.2. The van der Waals surface area contributed by atoms with E-state index in [2.05, 4.69) is 11.2 Å². The first-order valence-electron chi connectivity index (χ1n) is 4.95. The molecule has 1 aromatic carbocycles. The van der Waals surface area contributed by atoms with Crippen LogP contribution in [0.3, 0.4) is 0 Å². The van der Waals surface area contributed by atoms with Crippen LogP contribution in [0.4, 0.5) is 5.82 Å². The molecule has 1 heterocycles. The molecule has 0 saturated carbocycles. The Kier molecular flexibility index (Phi) is 2.37. The highest BCUT2D eigenvalue weighted by Crippen LogP contribution is 2.19.